The zero-order chi connectivity index (χ0) is 11.5. The van der Waals surface area contributed by atoms with Gasteiger partial charge in [-0.25, -0.2) is 0 Å². The summed E-state index contributed by atoms with van der Waals surface area (Å²) >= 11 is 0. The van der Waals surface area contributed by atoms with Crippen molar-refractivity contribution in [3.8, 4) is 0 Å². The van der Waals surface area contributed by atoms with Crippen LogP contribution in [0.3, 0.4) is 0 Å². The van der Waals surface area contributed by atoms with E-state index in [1.54, 1.807) is 0 Å². The summed E-state index contributed by atoms with van der Waals surface area (Å²) in [6.45, 7) is 9.62. The number of rotatable bonds is 2. The molecule has 1 saturated carbocycles. The van der Waals surface area contributed by atoms with Crippen LogP contribution in [0.5, 0.6) is 0 Å². The molecule has 0 saturated heterocycles. The Morgan fingerprint density at radius 1 is 1.33 bits per heavy atom. The first kappa shape index (κ1) is 12.5. The third-order valence-electron chi connectivity index (χ3n) is 3.62. The van der Waals surface area contributed by atoms with E-state index in [0.717, 1.165) is 19.4 Å². The molecule has 2 atom stereocenters. The van der Waals surface area contributed by atoms with Crippen molar-refractivity contribution in [1.29, 1.82) is 0 Å². The van der Waals surface area contributed by atoms with Gasteiger partial charge in [0, 0.05) is 12.5 Å². The standard InChI is InChI=1S/C13H25NO/c1-5-14-12(15)10-7-6-8-11(9-10)13(2,3)4/h10-11H,5-9H2,1-4H3,(H,14,15). The predicted molar refractivity (Wildman–Crippen MR) is 63.6 cm³/mol. The van der Waals surface area contributed by atoms with Crippen molar-refractivity contribution in [2.45, 2.75) is 53.4 Å². The molecular formula is C13H25NO. The summed E-state index contributed by atoms with van der Waals surface area (Å²) in [5.74, 6) is 1.24. The summed E-state index contributed by atoms with van der Waals surface area (Å²) in [5, 5.41) is 2.95. The maximum atomic E-state index is 11.8. The van der Waals surface area contributed by atoms with E-state index < -0.39 is 0 Å². The van der Waals surface area contributed by atoms with Gasteiger partial charge in [0.1, 0.15) is 0 Å². The van der Waals surface area contributed by atoms with E-state index in [9.17, 15) is 4.79 Å². The van der Waals surface area contributed by atoms with Crippen LogP contribution in [0.25, 0.3) is 0 Å². The van der Waals surface area contributed by atoms with Gasteiger partial charge in [-0.3, -0.25) is 4.79 Å². The van der Waals surface area contributed by atoms with Gasteiger partial charge in [-0.2, -0.15) is 0 Å². The quantitative estimate of drug-likeness (QED) is 0.747. The third kappa shape index (κ3) is 3.51. The lowest BCUT2D eigenvalue weighted by molar-refractivity contribution is -0.126. The van der Waals surface area contributed by atoms with Gasteiger partial charge in [0.2, 0.25) is 5.91 Å². The van der Waals surface area contributed by atoms with Crippen LogP contribution >= 0.6 is 0 Å². The zero-order valence-corrected chi connectivity index (χ0v) is 10.6. The van der Waals surface area contributed by atoms with E-state index in [-0.39, 0.29) is 11.8 Å². The van der Waals surface area contributed by atoms with Gasteiger partial charge < -0.3 is 5.32 Å². The zero-order valence-electron chi connectivity index (χ0n) is 10.6. The van der Waals surface area contributed by atoms with E-state index >= 15 is 0 Å². The lowest BCUT2D eigenvalue weighted by Gasteiger charge is -2.37. The maximum absolute atomic E-state index is 11.8. The largest absolute Gasteiger partial charge is 0.356 e. The number of hydrogen-bond donors (Lipinski definition) is 1. The van der Waals surface area contributed by atoms with E-state index in [0.29, 0.717) is 11.3 Å². The second-order valence-corrected chi connectivity index (χ2v) is 5.82. The predicted octanol–water partition coefficient (Wildman–Crippen LogP) is 2.98. The fraction of sp³-hybridized carbons (Fsp3) is 0.923. The van der Waals surface area contributed by atoms with Gasteiger partial charge in [0.05, 0.1) is 0 Å². The molecule has 1 aliphatic carbocycles. The average Bonchev–Trinajstić information content (AvgIpc) is 2.17. The van der Waals surface area contributed by atoms with Crippen LogP contribution in [-0.4, -0.2) is 12.5 Å². The minimum absolute atomic E-state index is 0.267. The number of nitrogens with one attached hydrogen (secondary N) is 1. The molecule has 2 unspecified atom stereocenters. The van der Waals surface area contributed by atoms with Gasteiger partial charge in [-0.05, 0) is 37.5 Å². The summed E-state index contributed by atoms with van der Waals surface area (Å²) in [5.41, 5.74) is 0.352. The van der Waals surface area contributed by atoms with Gasteiger partial charge in [-0.1, -0.05) is 27.2 Å². The minimum atomic E-state index is 0.267. The van der Waals surface area contributed by atoms with Gasteiger partial charge in [-0.15, -0.1) is 0 Å². The highest BCUT2D eigenvalue weighted by Gasteiger charge is 2.33. The van der Waals surface area contributed by atoms with Crippen LogP contribution < -0.4 is 5.32 Å². The highest BCUT2D eigenvalue weighted by Crippen LogP contribution is 2.40. The first-order valence-corrected chi connectivity index (χ1v) is 6.23. The summed E-state index contributed by atoms with van der Waals surface area (Å²) < 4.78 is 0. The first-order chi connectivity index (χ1) is 6.95. The Kier molecular flexibility index (Phi) is 4.18. The fourth-order valence-electron chi connectivity index (χ4n) is 2.53. The van der Waals surface area contributed by atoms with Crippen molar-refractivity contribution < 1.29 is 4.79 Å². The van der Waals surface area contributed by atoms with Crippen molar-refractivity contribution in [1.82, 2.24) is 5.32 Å². The topological polar surface area (TPSA) is 29.1 Å². The molecule has 1 N–H and O–H groups in total. The van der Waals surface area contributed by atoms with Gasteiger partial charge >= 0.3 is 0 Å². The van der Waals surface area contributed by atoms with Gasteiger partial charge in [0.15, 0.2) is 0 Å². The monoisotopic (exact) mass is 211 g/mol. The third-order valence-corrected chi connectivity index (χ3v) is 3.62. The molecule has 1 rings (SSSR count). The second-order valence-electron chi connectivity index (χ2n) is 5.82. The van der Waals surface area contributed by atoms with Crippen molar-refractivity contribution in [3.63, 3.8) is 0 Å². The Balaban J connectivity index is 2.52. The average molecular weight is 211 g/mol. The normalized spacial score (nSPS) is 27.5. The second kappa shape index (κ2) is 5.00. The van der Waals surface area contributed by atoms with Crippen LogP contribution in [0.15, 0.2) is 0 Å². The van der Waals surface area contributed by atoms with E-state index in [2.05, 4.69) is 26.1 Å². The fourth-order valence-corrected chi connectivity index (χ4v) is 2.53. The summed E-state index contributed by atoms with van der Waals surface area (Å²) in [7, 11) is 0. The number of carbonyl (C=O) groups is 1. The molecule has 0 aromatic heterocycles. The van der Waals surface area contributed by atoms with Crippen LogP contribution in [0.1, 0.15) is 53.4 Å². The molecule has 0 aliphatic heterocycles. The molecular weight excluding hydrogens is 186 g/mol. The molecule has 15 heavy (non-hydrogen) atoms. The number of carbonyl (C=O) groups excluding carboxylic acids is 1. The Labute approximate surface area is 93.8 Å². The van der Waals surface area contributed by atoms with Gasteiger partial charge in [0.25, 0.3) is 0 Å². The Morgan fingerprint density at radius 3 is 2.53 bits per heavy atom. The van der Waals surface area contributed by atoms with Crippen molar-refractivity contribution in [2.24, 2.45) is 17.3 Å². The van der Waals surface area contributed by atoms with E-state index in [1.165, 1.54) is 12.8 Å². The molecule has 1 fully saturated rings. The van der Waals surface area contributed by atoms with Crippen LogP contribution in [0, 0.1) is 17.3 Å². The first-order valence-electron chi connectivity index (χ1n) is 6.23. The maximum Gasteiger partial charge on any atom is 0.223 e. The van der Waals surface area contributed by atoms with E-state index in [4.69, 9.17) is 0 Å². The molecule has 1 aliphatic rings. The minimum Gasteiger partial charge on any atom is -0.356 e. The molecule has 1 amide bonds. The summed E-state index contributed by atoms with van der Waals surface area (Å²) in [4.78, 5) is 11.8. The Hall–Kier alpha value is -0.530. The lowest BCUT2D eigenvalue weighted by atomic mass is 9.69. The molecule has 0 radical (unpaired) electrons. The molecule has 88 valence electrons. The molecule has 2 heteroatoms. The van der Waals surface area contributed by atoms with Crippen LogP contribution in [0.2, 0.25) is 0 Å². The van der Waals surface area contributed by atoms with Crippen molar-refractivity contribution >= 4 is 5.91 Å². The molecule has 0 aromatic rings. The Morgan fingerprint density at radius 2 is 2.00 bits per heavy atom. The number of amides is 1. The van der Waals surface area contributed by atoms with Crippen LogP contribution in [0.4, 0.5) is 0 Å². The SMILES string of the molecule is CCNC(=O)C1CCCC(C(C)(C)C)C1. The van der Waals surface area contributed by atoms with E-state index in [1.807, 2.05) is 6.92 Å². The smallest absolute Gasteiger partial charge is 0.223 e. The molecule has 0 spiro atoms. The molecule has 0 heterocycles. The molecule has 0 aromatic carbocycles. The van der Waals surface area contributed by atoms with Crippen molar-refractivity contribution in [2.75, 3.05) is 6.54 Å². The molecule has 2 nitrogen and oxygen atoms in total. The lowest BCUT2D eigenvalue weighted by Crippen LogP contribution is -2.36. The summed E-state index contributed by atoms with van der Waals surface area (Å²) in [6, 6.07) is 0. The highest BCUT2D eigenvalue weighted by atomic mass is 16.1. The van der Waals surface area contributed by atoms with Crippen LogP contribution in [-0.2, 0) is 4.79 Å². The number of hydrogen-bond acceptors (Lipinski definition) is 1. The Bertz CT molecular complexity index is 217. The highest BCUT2D eigenvalue weighted by molar-refractivity contribution is 5.78. The van der Waals surface area contributed by atoms with Crippen molar-refractivity contribution in [3.05, 3.63) is 0 Å². The molecule has 0 bridgehead atoms. The summed E-state index contributed by atoms with van der Waals surface area (Å²) in [6.07, 6.45) is 4.66.